The molecule has 1 fully saturated rings. The number of pyridine rings is 1. The van der Waals surface area contributed by atoms with Gasteiger partial charge in [0.05, 0.1) is 0 Å². The van der Waals surface area contributed by atoms with Crippen LogP contribution in [0.15, 0.2) is 35.9 Å². The van der Waals surface area contributed by atoms with Crippen molar-refractivity contribution in [2.45, 2.75) is 19.8 Å². The summed E-state index contributed by atoms with van der Waals surface area (Å²) in [6, 6.07) is 5.14. The highest BCUT2D eigenvalue weighted by Crippen LogP contribution is 2.27. The van der Waals surface area contributed by atoms with E-state index in [0.717, 1.165) is 19.6 Å². The number of piperidine rings is 1. The molecular formula is C20H19F4N3O. The largest absolute Gasteiger partial charge is 0.306 e. The molecule has 0 unspecified atom stereocenters. The average molecular weight is 393 g/mol. The molecule has 0 atom stereocenters. The molecule has 1 aliphatic heterocycles. The second-order valence-corrected chi connectivity index (χ2v) is 6.46. The van der Waals surface area contributed by atoms with Gasteiger partial charge < -0.3 is 10.2 Å². The van der Waals surface area contributed by atoms with Crippen molar-refractivity contribution in [1.29, 1.82) is 0 Å². The van der Waals surface area contributed by atoms with Crippen LogP contribution in [0.5, 0.6) is 0 Å². The van der Waals surface area contributed by atoms with Crippen molar-refractivity contribution in [2.75, 3.05) is 25.0 Å². The zero-order chi connectivity index (χ0) is 20.3. The van der Waals surface area contributed by atoms with E-state index in [1.165, 1.54) is 18.2 Å². The number of amides is 1. The first kappa shape index (κ1) is 20.0. The molecule has 1 aromatic heterocycles. The topological polar surface area (TPSA) is 45.2 Å². The van der Waals surface area contributed by atoms with Gasteiger partial charge in [-0.15, -0.1) is 0 Å². The van der Waals surface area contributed by atoms with Crippen molar-refractivity contribution < 1.29 is 22.4 Å². The minimum Gasteiger partial charge on any atom is -0.306 e. The zero-order valence-electron chi connectivity index (χ0n) is 15.2. The smallest absolute Gasteiger partial charge is 0.262 e. The molecule has 2 aromatic rings. The molecule has 0 spiro atoms. The number of likely N-dealkylation sites (tertiary alicyclic amines) is 1. The van der Waals surface area contributed by atoms with Crippen LogP contribution < -0.4 is 5.32 Å². The third-order valence-corrected chi connectivity index (χ3v) is 4.67. The van der Waals surface area contributed by atoms with Crippen LogP contribution in [0.25, 0.3) is 5.83 Å². The van der Waals surface area contributed by atoms with E-state index in [2.05, 4.69) is 15.2 Å². The average Bonchev–Trinajstić information content (AvgIpc) is 2.67. The molecule has 1 saturated heterocycles. The van der Waals surface area contributed by atoms with Gasteiger partial charge in [0.2, 0.25) is 0 Å². The Labute approximate surface area is 159 Å². The number of carbonyl (C=O) groups excluding carboxylic acids is 1. The summed E-state index contributed by atoms with van der Waals surface area (Å²) in [4.78, 5) is 18.4. The SMILES string of the molecule is CCN1CCC(=C(F)c2cccc(NC(=O)c3c(F)cc(F)cc3F)n2)CC1. The van der Waals surface area contributed by atoms with Crippen molar-refractivity contribution >= 4 is 17.6 Å². The number of anilines is 1. The quantitative estimate of drug-likeness (QED) is 0.776. The van der Waals surface area contributed by atoms with Crippen molar-refractivity contribution in [3.8, 4) is 0 Å². The third-order valence-electron chi connectivity index (χ3n) is 4.67. The van der Waals surface area contributed by atoms with Gasteiger partial charge in [-0.3, -0.25) is 4.79 Å². The Morgan fingerprint density at radius 3 is 2.39 bits per heavy atom. The van der Waals surface area contributed by atoms with E-state index in [1.807, 2.05) is 6.92 Å². The summed E-state index contributed by atoms with van der Waals surface area (Å²) in [6.07, 6.45) is 1.17. The Balaban J connectivity index is 1.80. The Hall–Kier alpha value is -2.74. The summed E-state index contributed by atoms with van der Waals surface area (Å²) in [6.45, 7) is 4.48. The minimum atomic E-state index is -1.33. The Morgan fingerprint density at radius 2 is 1.79 bits per heavy atom. The summed E-state index contributed by atoms with van der Waals surface area (Å²) in [5.74, 6) is -5.44. The standard InChI is InChI=1S/C20H19F4N3O/c1-2-27-8-6-12(7-9-27)19(24)16-4-3-5-17(25-16)26-20(28)18-14(22)10-13(21)11-15(18)23/h3-5,10-11H,2,6-9H2,1H3,(H,25,26,28). The molecule has 1 aliphatic rings. The Kier molecular flexibility index (Phi) is 6.08. The van der Waals surface area contributed by atoms with Gasteiger partial charge in [-0.25, -0.2) is 22.5 Å². The second-order valence-electron chi connectivity index (χ2n) is 6.46. The van der Waals surface area contributed by atoms with E-state index in [4.69, 9.17) is 0 Å². The first-order valence-corrected chi connectivity index (χ1v) is 8.92. The number of nitrogens with zero attached hydrogens (tertiary/aromatic N) is 2. The van der Waals surface area contributed by atoms with E-state index in [0.29, 0.717) is 30.5 Å². The van der Waals surface area contributed by atoms with Gasteiger partial charge in [-0.2, -0.15) is 0 Å². The molecule has 1 amide bonds. The van der Waals surface area contributed by atoms with Crippen LogP contribution in [-0.4, -0.2) is 35.4 Å². The lowest BCUT2D eigenvalue weighted by molar-refractivity contribution is 0.101. The van der Waals surface area contributed by atoms with Gasteiger partial charge in [0, 0.05) is 25.2 Å². The lowest BCUT2D eigenvalue weighted by atomic mass is 10.0. The van der Waals surface area contributed by atoms with Crippen LogP contribution >= 0.6 is 0 Å². The highest BCUT2D eigenvalue weighted by Gasteiger charge is 2.21. The summed E-state index contributed by atoms with van der Waals surface area (Å²) >= 11 is 0. The summed E-state index contributed by atoms with van der Waals surface area (Å²) < 4.78 is 55.3. The highest BCUT2D eigenvalue weighted by atomic mass is 19.1. The maximum Gasteiger partial charge on any atom is 0.262 e. The summed E-state index contributed by atoms with van der Waals surface area (Å²) in [5, 5.41) is 2.22. The predicted octanol–water partition coefficient (Wildman–Crippen LogP) is 4.55. The lowest BCUT2D eigenvalue weighted by Gasteiger charge is -2.27. The molecule has 28 heavy (non-hydrogen) atoms. The van der Waals surface area contributed by atoms with Crippen molar-refractivity contribution in [3.63, 3.8) is 0 Å². The van der Waals surface area contributed by atoms with Gasteiger partial charge in [-0.05, 0) is 37.1 Å². The molecule has 0 aliphatic carbocycles. The molecule has 3 rings (SSSR count). The fourth-order valence-electron chi connectivity index (χ4n) is 3.10. The maximum atomic E-state index is 14.8. The fraction of sp³-hybridized carbons (Fsp3) is 0.300. The number of halogens is 4. The van der Waals surface area contributed by atoms with Crippen molar-refractivity contribution in [2.24, 2.45) is 0 Å². The van der Waals surface area contributed by atoms with Crippen LogP contribution in [0.4, 0.5) is 23.4 Å². The molecular weight excluding hydrogens is 374 g/mol. The molecule has 148 valence electrons. The number of hydrogen-bond donors (Lipinski definition) is 1. The van der Waals surface area contributed by atoms with E-state index in [1.54, 1.807) is 0 Å². The minimum absolute atomic E-state index is 0.0396. The van der Waals surface area contributed by atoms with E-state index < -0.39 is 34.7 Å². The van der Waals surface area contributed by atoms with Crippen molar-refractivity contribution in [1.82, 2.24) is 9.88 Å². The maximum absolute atomic E-state index is 14.8. The lowest BCUT2D eigenvalue weighted by Crippen LogP contribution is -2.30. The number of benzene rings is 1. The molecule has 0 saturated carbocycles. The molecule has 8 heteroatoms. The number of aromatic nitrogens is 1. The normalized spacial score (nSPS) is 14.8. The molecule has 4 nitrogen and oxygen atoms in total. The van der Waals surface area contributed by atoms with Gasteiger partial charge >= 0.3 is 0 Å². The molecule has 0 radical (unpaired) electrons. The Morgan fingerprint density at radius 1 is 1.14 bits per heavy atom. The summed E-state index contributed by atoms with van der Waals surface area (Å²) in [7, 11) is 0. The summed E-state index contributed by atoms with van der Waals surface area (Å²) in [5.41, 5.74) is -0.242. The molecule has 0 bridgehead atoms. The molecule has 2 heterocycles. The van der Waals surface area contributed by atoms with Gasteiger partial charge in [0.25, 0.3) is 5.91 Å². The number of rotatable bonds is 4. The highest BCUT2D eigenvalue weighted by molar-refractivity contribution is 6.04. The first-order valence-electron chi connectivity index (χ1n) is 8.92. The van der Waals surface area contributed by atoms with E-state index in [-0.39, 0.29) is 11.5 Å². The number of hydrogen-bond acceptors (Lipinski definition) is 3. The second kappa shape index (κ2) is 8.52. The van der Waals surface area contributed by atoms with E-state index >= 15 is 0 Å². The number of nitrogens with one attached hydrogen (secondary N) is 1. The molecule has 1 aromatic carbocycles. The van der Waals surface area contributed by atoms with Crippen molar-refractivity contribution in [3.05, 3.63) is 64.6 Å². The third kappa shape index (κ3) is 4.39. The predicted molar refractivity (Wildman–Crippen MR) is 97.9 cm³/mol. The fourth-order valence-corrected chi connectivity index (χ4v) is 3.10. The zero-order valence-corrected chi connectivity index (χ0v) is 15.2. The first-order chi connectivity index (χ1) is 13.4. The monoisotopic (exact) mass is 393 g/mol. The van der Waals surface area contributed by atoms with Crippen LogP contribution in [0.1, 0.15) is 35.8 Å². The van der Waals surface area contributed by atoms with Crippen LogP contribution in [-0.2, 0) is 0 Å². The van der Waals surface area contributed by atoms with E-state index in [9.17, 15) is 22.4 Å². The molecule has 1 N–H and O–H groups in total. The Bertz CT molecular complexity index is 896. The van der Waals surface area contributed by atoms with Crippen LogP contribution in [0.3, 0.4) is 0 Å². The van der Waals surface area contributed by atoms with Crippen LogP contribution in [0.2, 0.25) is 0 Å². The van der Waals surface area contributed by atoms with Gasteiger partial charge in [-0.1, -0.05) is 13.0 Å². The van der Waals surface area contributed by atoms with Gasteiger partial charge in [0.1, 0.15) is 40.4 Å². The van der Waals surface area contributed by atoms with Gasteiger partial charge in [0.15, 0.2) is 0 Å². The number of carbonyl (C=O) groups is 1. The van der Waals surface area contributed by atoms with Crippen LogP contribution in [0, 0.1) is 17.5 Å².